The van der Waals surface area contributed by atoms with Gasteiger partial charge in [0.15, 0.2) is 0 Å². The van der Waals surface area contributed by atoms with Crippen molar-refractivity contribution in [1.29, 1.82) is 0 Å². The maximum Gasteiger partial charge on any atom is 0.216 e. The quantitative estimate of drug-likeness (QED) is 0.886. The molecule has 0 spiro atoms. The average molecular weight is 329 g/mol. The molecule has 1 saturated heterocycles. The summed E-state index contributed by atoms with van der Waals surface area (Å²) in [4.78, 5) is 17.0. The first kappa shape index (κ1) is 17.0. The number of aryl methyl sites for hydroxylation is 2. The number of nitrogens with zero attached hydrogens (tertiary/aromatic N) is 1. The number of rotatable bonds is 5. The molecule has 0 radical (unpaired) electrons. The fourth-order valence-corrected chi connectivity index (χ4v) is 3.42. The van der Waals surface area contributed by atoms with E-state index >= 15 is 0 Å². The summed E-state index contributed by atoms with van der Waals surface area (Å²) in [5.74, 6) is 0.0202. The van der Waals surface area contributed by atoms with Crippen LogP contribution < -0.4 is 5.32 Å². The fourth-order valence-electron chi connectivity index (χ4n) is 3.42. The molecule has 130 valence electrons. The van der Waals surface area contributed by atoms with Crippen LogP contribution in [0.3, 0.4) is 0 Å². The van der Waals surface area contributed by atoms with Crippen LogP contribution in [0.5, 0.6) is 0 Å². The topological polar surface area (TPSA) is 57.4 Å². The summed E-state index contributed by atoms with van der Waals surface area (Å²) >= 11 is 0. The van der Waals surface area contributed by atoms with Gasteiger partial charge in [-0.2, -0.15) is 0 Å². The summed E-state index contributed by atoms with van der Waals surface area (Å²) in [6.07, 6.45) is 1.05. The monoisotopic (exact) mass is 329 g/mol. The number of hydrogen-bond donors (Lipinski definition) is 2. The van der Waals surface area contributed by atoms with E-state index < -0.39 is 0 Å². The maximum atomic E-state index is 11.0. The molecule has 2 aromatic rings. The zero-order valence-electron chi connectivity index (χ0n) is 14.8. The Labute approximate surface area is 143 Å². The Balaban J connectivity index is 1.65. The molecule has 1 amide bonds. The minimum atomic E-state index is 0.0202. The van der Waals surface area contributed by atoms with Gasteiger partial charge in [-0.3, -0.25) is 9.69 Å². The second-order valence-electron chi connectivity index (χ2n) is 6.71. The standard InChI is InChI=1S/C19H27N3O2/c1-13-14(2)21-19-16(5-4-6-18(13)19)11-22-9-10-24-17(12-22)7-8-20-15(3)23/h4-6,17,21H,7-12H2,1-3H3,(H,20,23)/t17-/m0/s1. The molecule has 3 rings (SSSR count). The SMILES string of the molecule is CC(=O)NCC[C@H]1CN(Cc2cccc3c(C)c(C)[nH]c23)CCO1. The lowest BCUT2D eigenvalue weighted by Gasteiger charge is -2.33. The van der Waals surface area contributed by atoms with Gasteiger partial charge in [-0.25, -0.2) is 0 Å². The molecule has 1 aliphatic heterocycles. The fraction of sp³-hybridized carbons (Fsp3) is 0.526. The van der Waals surface area contributed by atoms with Crippen molar-refractivity contribution in [1.82, 2.24) is 15.2 Å². The van der Waals surface area contributed by atoms with Crippen molar-refractivity contribution in [3.05, 3.63) is 35.0 Å². The number of hydrogen-bond acceptors (Lipinski definition) is 3. The molecule has 0 saturated carbocycles. The summed E-state index contributed by atoms with van der Waals surface area (Å²) in [5, 5.41) is 4.17. The van der Waals surface area contributed by atoms with Crippen molar-refractivity contribution in [2.45, 2.75) is 39.8 Å². The molecule has 1 aliphatic rings. The van der Waals surface area contributed by atoms with Gasteiger partial charge in [-0.1, -0.05) is 18.2 Å². The number of morpholine rings is 1. The molecule has 5 heteroatoms. The average Bonchev–Trinajstić information content (AvgIpc) is 2.84. The van der Waals surface area contributed by atoms with Gasteiger partial charge in [0, 0.05) is 44.2 Å². The number of nitrogens with one attached hydrogen (secondary N) is 2. The van der Waals surface area contributed by atoms with Gasteiger partial charge >= 0.3 is 0 Å². The van der Waals surface area contributed by atoms with Crippen LogP contribution in [0.1, 0.15) is 30.2 Å². The first-order chi connectivity index (χ1) is 11.5. The molecular weight excluding hydrogens is 302 g/mol. The van der Waals surface area contributed by atoms with E-state index in [2.05, 4.69) is 47.2 Å². The van der Waals surface area contributed by atoms with Crippen molar-refractivity contribution in [3.8, 4) is 0 Å². The third-order valence-electron chi connectivity index (χ3n) is 4.89. The Kier molecular flexibility index (Phi) is 5.21. The smallest absolute Gasteiger partial charge is 0.216 e. The van der Waals surface area contributed by atoms with Crippen molar-refractivity contribution < 1.29 is 9.53 Å². The van der Waals surface area contributed by atoms with E-state index in [1.165, 1.54) is 27.7 Å². The van der Waals surface area contributed by atoms with Gasteiger partial charge < -0.3 is 15.0 Å². The largest absolute Gasteiger partial charge is 0.375 e. The normalized spacial score (nSPS) is 18.9. The molecule has 1 aromatic carbocycles. The number of aromatic amines is 1. The molecular formula is C19H27N3O2. The van der Waals surface area contributed by atoms with Crippen molar-refractivity contribution in [2.75, 3.05) is 26.2 Å². The zero-order chi connectivity index (χ0) is 17.1. The van der Waals surface area contributed by atoms with Crippen LogP contribution in [0.25, 0.3) is 10.9 Å². The molecule has 1 aromatic heterocycles. The Morgan fingerprint density at radius 2 is 2.25 bits per heavy atom. The number of para-hydroxylation sites is 1. The Morgan fingerprint density at radius 1 is 1.42 bits per heavy atom. The molecule has 0 bridgehead atoms. The second-order valence-corrected chi connectivity index (χ2v) is 6.71. The Bertz CT molecular complexity index is 723. The summed E-state index contributed by atoms with van der Waals surface area (Å²) in [6, 6.07) is 6.54. The highest BCUT2D eigenvalue weighted by Crippen LogP contribution is 2.25. The Morgan fingerprint density at radius 3 is 3.04 bits per heavy atom. The van der Waals surface area contributed by atoms with Crippen LogP contribution in [0.15, 0.2) is 18.2 Å². The lowest BCUT2D eigenvalue weighted by Crippen LogP contribution is -2.43. The molecule has 0 aliphatic carbocycles. The van der Waals surface area contributed by atoms with Gasteiger partial charge in [0.2, 0.25) is 5.91 Å². The zero-order valence-corrected chi connectivity index (χ0v) is 14.8. The summed E-state index contributed by atoms with van der Waals surface area (Å²) in [7, 11) is 0. The number of H-pyrrole nitrogens is 1. The first-order valence-corrected chi connectivity index (χ1v) is 8.69. The molecule has 5 nitrogen and oxygen atoms in total. The predicted octanol–water partition coefficient (Wildman–Crippen LogP) is 2.51. The van der Waals surface area contributed by atoms with Crippen molar-refractivity contribution >= 4 is 16.8 Å². The molecule has 1 fully saturated rings. The highest BCUT2D eigenvalue weighted by atomic mass is 16.5. The van der Waals surface area contributed by atoms with Gasteiger partial charge in [-0.05, 0) is 31.4 Å². The number of carbonyl (C=O) groups excluding carboxylic acids is 1. The summed E-state index contributed by atoms with van der Waals surface area (Å²) < 4.78 is 5.84. The lowest BCUT2D eigenvalue weighted by molar-refractivity contribution is -0.119. The predicted molar refractivity (Wildman–Crippen MR) is 96.1 cm³/mol. The van der Waals surface area contributed by atoms with Crippen LogP contribution >= 0.6 is 0 Å². The van der Waals surface area contributed by atoms with E-state index in [1.54, 1.807) is 6.92 Å². The van der Waals surface area contributed by atoms with E-state index in [0.29, 0.717) is 6.54 Å². The van der Waals surface area contributed by atoms with Crippen molar-refractivity contribution in [2.24, 2.45) is 0 Å². The van der Waals surface area contributed by atoms with E-state index in [0.717, 1.165) is 32.7 Å². The van der Waals surface area contributed by atoms with Crippen LogP contribution in [0.4, 0.5) is 0 Å². The maximum absolute atomic E-state index is 11.0. The summed E-state index contributed by atoms with van der Waals surface area (Å²) in [6.45, 7) is 10.1. The highest BCUT2D eigenvalue weighted by Gasteiger charge is 2.21. The minimum absolute atomic E-state index is 0.0202. The van der Waals surface area contributed by atoms with Gasteiger partial charge in [0.25, 0.3) is 0 Å². The molecule has 0 unspecified atom stereocenters. The number of ether oxygens (including phenoxy) is 1. The van der Waals surface area contributed by atoms with Gasteiger partial charge in [0.05, 0.1) is 18.2 Å². The van der Waals surface area contributed by atoms with Gasteiger partial charge in [0.1, 0.15) is 0 Å². The number of amides is 1. The third-order valence-corrected chi connectivity index (χ3v) is 4.89. The van der Waals surface area contributed by atoms with Crippen molar-refractivity contribution in [3.63, 3.8) is 0 Å². The first-order valence-electron chi connectivity index (χ1n) is 8.69. The Hall–Kier alpha value is -1.85. The number of aromatic nitrogens is 1. The molecule has 2 N–H and O–H groups in total. The molecule has 2 heterocycles. The van der Waals surface area contributed by atoms with Crippen LogP contribution in [0, 0.1) is 13.8 Å². The lowest BCUT2D eigenvalue weighted by atomic mass is 10.1. The van der Waals surface area contributed by atoms with E-state index in [9.17, 15) is 4.79 Å². The van der Waals surface area contributed by atoms with Gasteiger partial charge in [-0.15, -0.1) is 0 Å². The third kappa shape index (κ3) is 3.79. The minimum Gasteiger partial charge on any atom is -0.375 e. The summed E-state index contributed by atoms with van der Waals surface area (Å²) in [5.41, 5.74) is 5.18. The molecule has 24 heavy (non-hydrogen) atoms. The van der Waals surface area contributed by atoms with Crippen LogP contribution in [-0.2, 0) is 16.1 Å². The van der Waals surface area contributed by atoms with Crippen LogP contribution in [-0.4, -0.2) is 48.1 Å². The van der Waals surface area contributed by atoms with E-state index in [4.69, 9.17) is 4.74 Å². The van der Waals surface area contributed by atoms with E-state index in [1.807, 2.05) is 0 Å². The second kappa shape index (κ2) is 7.36. The van der Waals surface area contributed by atoms with E-state index in [-0.39, 0.29) is 12.0 Å². The highest BCUT2D eigenvalue weighted by molar-refractivity contribution is 5.87. The number of benzene rings is 1. The molecule has 1 atom stereocenters. The number of carbonyl (C=O) groups is 1. The van der Waals surface area contributed by atoms with Crippen LogP contribution in [0.2, 0.25) is 0 Å². The number of fused-ring (bicyclic) bond motifs is 1.